The maximum Gasteiger partial charge on any atom is 0.184 e. The Bertz CT molecular complexity index is 710. The maximum atomic E-state index is 6.58. The first-order chi connectivity index (χ1) is 13.8. The predicted molar refractivity (Wildman–Crippen MR) is 128 cm³/mol. The highest BCUT2D eigenvalue weighted by atomic mass is 28.4. The summed E-state index contributed by atoms with van der Waals surface area (Å²) in [5.74, 6) is 0.337. The Balaban J connectivity index is 2.25. The van der Waals surface area contributed by atoms with E-state index in [1.54, 1.807) is 0 Å². The molecule has 0 radical (unpaired) electrons. The Morgan fingerprint density at radius 3 is 1.83 bits per heavy atom. The van der Waals surface area contributed by atoms with Gasteiger partial charge in [-0.05, 0) is 44.1 Å². The third-order valence-corrected chi connectivity index (χ3v) is 5.82. The van der Waals surface area contributed by atoms with Gasteiger partial charge in [0.05, 0.1) is 6.10 Å². The first kappa shape index (κ1) is 23.3. The van der Waals surface area contributed by atoms with Crippen LogP contribution in [0, 0.1) is 5.92 Å². The standard InChI is InChI=1S/C26H37NOSi/c1-7-14-25(26(22(2)3)28-29(4,5)6)21-27(19-23-15-10-8-11-16-23)20-24-17-12-9-13-18-24/h7-13,15-18,25-26H,1-2,14,19-21H2,3-6H3/t25-,26-/m0/s1. The number of nitrogens with zero attached hydrogens (tertiary/aromatic N) is 1. The number of allylic oxidation sites excluding steroid dienone is 1. The molecule has 0 aliphatic rings. The largest absolute Gasteiger partial charge is 0.411 e. The summed E-state index contributed by atoms with van der Waals surface area (Å²) in [7, 11) is -1.69. The minimum Gasteiger partial charge on any atom is -0.411 e. The fourth-order valence-corrected chi connectivity index (χ4v) is 4.84. The van der Waals surface area contributed by atoms with Crippen molar-refractivity contribution in [2.45, 2.75) is 52.2 Å². The summed E-state index contributed by atoms with van der Waals surface area (Å²) < 4.78 is 6.58. The van der Waals surface area contributed by atoms with Gasteiger partial charge in [0.2, 0.25) is 0 Å². The molecule has 0 heterocycles. The lowest BCUT2D eigenvalue weighted by atomic mass is 9.93. The third kappa shape index (κ3) is 8.53. The predicted octanol–water partition coefficient (Wildman–Crippen LogP) is 6.68. The molecular weight excluding hydrogens is 370 g/mol. The first-order valence-corrected chi connectivity index (χ1v) is 13.9. The van der Waals surface area contributed by atoms with Crippen molar-refractivity contribution < 1.29 is 4.43 Å². The van der Waals surface area contributed by atoms with Gasteiger partial charge >= 0.3 is 0 Å². The highest BCUT2D eigenvalue weighted by Gasteiger charge is 2.29. The first-order valence-electron chi connectivity index (χ1n) is 10.5. The Morgan fingerprint density at radius 1 is 0.966 bits per heavy atom. The molecule has 0 saturated carbocycles. The molecule has 0 saturated heterocycles. The zero-order valence-electron chi connectivity index (χ0n) is 18.6. The van der Waals surface area contributed by atoms with Crippen molar-refractivity contribution in [1.82, 2.24) is 4.90 Å². The molecular formula is C26H37NOSi. The molecule has 156 valence electrons. The van der Waals surface area contributed by atoms with Crippen LogP contribution < -0.4 is 0 Å². The Kier molecular flexibility index (Phi) is 9.09. The van der Waals surface area contributed by atoms with Crippen molar-refractivity contribution in [1.29, 1.82) is 0 Å². The van der Waals surface area contributed by atoms with Gasteiger partial charge < -0.3 is 4.43 Å². The molecule has 0 aromatic heterocycles. The van der Waals surface area contributed by atoms with Gasteiger partial charge in [-0.25, -0.2) is 0 Å². The van der Waals surface area contributed by atoms with Crippen LogP contribution in [-0.4, -0.2) is 25.9 Å². The normalized spacial score (nSPS) is 13.8. The number of hydrogen-bond acceptors (Lipinski definition) is 2. The second-order valence-electron chi connectivity index (χ2n) is 8.92. The lowest BCUT2D eigenvalue weighted by molar-refractivity contribution is 0.113. The van der Waals surface area contributed by atoms with Crippen LogP contribution in [0.1, 0.15) is 24.5 Å². The molecule has 2 aromatic rings. The smallest absolute Gasteiger partial charge is 0.184 e. The van der Waals surface area contributed by atoms with Crippen molar-refractivity contribution in [2.24, 2.45) is 5.92 Å². The van der Waals surface area contributed by atoms with Gasteiger partial charge in [-0.15, -0.1) is 6.58 Å². The van der Waals surface area contributed by atoms with Crippen molar-refractivity contribution in [2.75, 3.05) is 6.54 Å². The monoisotopic (exact) mass is 407 g/mol. The van der Waals surface area contributed by atoms with Gasteiger partial charge in [0, 0.05) is 25.6 Å². The second-order valence-corrected chi connectivity index (χ2v) is 13.4. The summed E-state index contributed by atoms with van der Waals surface area (Å²) in [5, 5.41) is 0. The van der Waals surface area contributed by atoms with Crippen LogP contribution in [0.4, 0.5) is 0 Å². The Morgan fingerprint density at radius 2 is 1.45 bits per heavy atom. The Labute approximate surface area is 179 Å². The van der Waals surface area contributed by atoms with Gasteiger partial charge in [-0.3, -0.25) is 4.90 Å². The zero-order valence-corrected chi connectivity index (χ0v) is 19.6. The molecule has 0 bridgehead atoms. The van der Waals surface area contributed by atoms with E-state index in [1.165, 1.54) is 11.1 Å². The molecule has 3 heteroatoms. The van der Waals surface area contributed by atoms with E-state index in [2.05, 4.69) is 105 Å². The maximum absolute atomic E-state index is 6.58. The molecule has 2 rings (SSSR count). The van der Waals surface area contributed by atoms with E-state index < -0.39 is 8.32 Å². The van der Waals surface area contributed by atoms with Crippen molar-refractivity contribution in [3.05, 3.63) is 96.6 Å². The van der Waals surface area contributed by atoms with Crippen LogP contribution in [0.2, 0.25) is 19.6 Å². The zero-order chi connectivity index (χ0) is 21.3. The van der Waals surface area contributed by atoms with Crippen molar-refractivity contribution in [3.63, 3.8) is 0 Å². The molecule has 0 fully saturated rings. The minimum atomic E-state index is -1.69. The molecule has 0 spiro atoms. The summed E-state index contributed by atoms with van der Waals surface area (Å²) in [4.78, 5) is 2.53. The van der Waals surface area contributed by atoms with Crippen molar-refractivity contribution in [3.8, 4) is 0 Å². The molecule has 2 atom stereocenters. The minimum absolute atomic E-state index is 0.0636. The van der Waals surface area contributed by atoms with Crippen LogP contribution in [-0.2, 0) is 17.5 Å². The Hall–Kier alpha value is -1.94. The number of rotatable bonds is 12. The van der Waals surface area contributed by atoms with E-state index in [1.807, 2.05) is 6.08 Å². The van der Waals surface area contributed by atoms with Crippen LogP contribution in [0.25, 0.3) is 0 Å². The topological polar surface area (TPSA) is 12.5 Å². The molecule has 0 N–H and O–H groups in total. The van der Waals surface area contributed by atoms with E-state index >= 15 is 0 Å². The quantitative estimate of drug-likeness (QED) is 0.287. The summed E-state index contributed by atoms with van der Waals surface area (Å²) >= 11 is 0. The van der Waals surface area contributed by atoms with E-state index in [4.69, 9.17) is 4.43 Å². The average Bonchev–Trinajstić information content (AvgIpc) is 2.66. The van der Waals surface area contributed by atoms with Crippen LogP contribution in [0.5, 0.6) is 0 Å². The highest BCUT2D eigenvalue weighted by Crippen LogP contribution is 2.26. The lowest BCUT2D eigenvalue weighted by Gasteiger charge is -2.36. The molecule has 0 amide bonds. The van der Waals surface area contributed by atoms with Gasteiger partial charge in [0.25, 0.3) is 0 Å². The van der Waals surface area contributed by atoms with Gasteiger partial charge in [0.15, 0.2) is 8.32 Å². The van der Waals surface area contributed by atoms with E-state index in [0.29, 0.717) is 5.92 Å². The fourth-order valence-electron chi connectivity index (χ4n) is 3.69. The number of hydrogen-bond donors (Lipinski definition) is 0. The highest BCUT2D eigenvalue weighted by molar-refractivity contribution is 6.69. The molecule has 2 aromatic carbocycles. The lowest BCUT2D eigenvalue weighted by Crippen LogP contribution is -2.41. The molecule has 2 nitrogen and oxygen atoms in total. The third-order valence-electron chi connectivity index (χ3n) is 4.85. The SMILES string of the molecule is C=CC[C@@H](CN(Cc1ccccc1)Cc1ccccc1)[C@@H](O[Si](C)(C)C)C(=C)C. The molecule has 0 unspecified atom stereocenters. The molecule has 0 aliphatic carbocycles. The second kappa shape index (κ2) is 11.3. The molecule has 0 aliphatic heterocycles. The van der Waals surface area contributed by atoms with E-state index in [-0.39, 0.29) is 6.10 Å². The summed E-state index contributed by atoms with van der Waals surface area (Å²) in [6.45, 7) is 19.9. The van der Waals surface area contributed by atoms with E-state index in [0.717, 1.165) is 31.6 Å². The fraction of sp³-hybridized carbons (Fsp3) is 0.385. The summed E-state index contributed by atoms with van der Waals surface area (Å²) in [6, 6.07) is 21.4. The number of benzene rings is 2. The summed E-state index contributed by atoms with van der Waals surface area (Å²) in [6.07, 6.45) is 3.01. The van der Waals surface area contributed by atoms with Crippen molar-refractivity contribution >= 4 is 8.32 Å². The summed E-state index contributed by atoms with van der Waals surface area (Å²) in [5.41, 5.74) is 3.77. The van der Waals surface area contributed by atoms with Gasteiger partial charge in [-0.1, -0.05) is 78.9 Å². The van der Waals surface area contributed by atoms with Crippen LogP contribution in [0.3, 0.4) is 0 Å². The van der Waals surface area contributed by atoms with Crippen LogP contribution >= 0.6 is 0 Å². The molecule has 29 heavy (non-hydrogen) atoms. The van der Waals surface area contributed by atoms with Crippen LogP contribution in [0.15, 0.2) is 85.5 Å². The van der Waals surface area contributed by atoms with Gasteiger partial charge in [-0.2, -0.15) is 0 Å². The van der Waals surface area contributed by atoms with E-state index in [9.17, 15) is 0 Å². The van der Waals surface area contributed by atoms with Gasteiger partial charge in [0.1, 0.15) is 0 Å². The average molecular weight is 408 g/mol.